The lowest BCUT2D eigenvalue weighted by Crippen LogP contribution is -2.13. The van der Waals surface area contributed by atoms with Crippen molar-refractivity contribution >= 4 is 17.6 Å². The van der Waals surface area contributed by atoms with Gasteiger partial charge in [0.25, 0.3) is 0 Å². The van der Waals surface area contributed by atoms with Crippen molar-refractivity contribution in [3.8, 4) is 0 Å². The van der Waals surface area contributed by atoms with Gasteiger partial charge in [-0.05, 0) is 30.0 Å². The summed E-state index contributed by atoms with van der Waals surface area (Å²) in [5.74, 6) is -1.39. The Hall–Kier alpha value is -1.80. The number of carboxylic acids is 1. The van der Waals surface area contributed by atoms with Crippen LogP contribution in [-0.2, 0) is 11.2 Å². The Balaban J connectivity index is 2.14. The van der Waals surface area contributed by atoms with Crippen molar-refractivity contribution in [1.29, 1.82) is 0 Å². The molecule has 2 rings (SSSR count). The second-order valence-corrected chi connectivity index (χ2v) is 4.84. The van der Waals surface area contributed by atoms with Gasteiger partial charge in [-0.1, -0.05) is 60.1 Å². The molecule has 0 heterocycles. The highest BCUT2D eigenvalue weighted by Crippen LogP contribution is 2.28. The lowest BCUT2D eigenvalue weighted by atomic mass is 9.92. The second-order valence-electron chi connectivity index (χ2n) is 4.44. The molecule has 2 aromatic rings. The minimum atomic E-state index is -0.830. The van der Waals surface area contributed by atoms with Crippen LogP contribution in [0.3, 0.4) is 0 Å². The molecule has 0 fully saturated rings. The average molecular weight is 275 g/mol. The van der Waals surface area contributed by atoms with E-state index in [-0.39, 0.29) is 0 Å². The molecule has 2 aromatic carbocycles. The molecule has 0 bridgehead atoms. The van der Waals surface area contributed by atoms with Gasteiger partial charge in [-0.15, -0.1) is 0 Å². The van der Waals surface area contributed by atoms with Crippen LogP contribution >= 0.6 is 11.6 Å². The Labute approximate surface area is 117 Å². The van der Waals surface area contributed by atoms with E-state index < -0.39 is 11.9 Å². The Kier molecular flexibility index (Phi) is 4.58. The van der Waals surface area contributed by atoms with Crippen molar-refractivity contribution in [3.63, 3.8) is 0 Å². The van der Waals surface area contributed by atoms with Gasteiger partial charge >= 0.3 is 5.97 Å². The zero-order valence-electron chi connectivity index (χ0n) is 10.4. The predicted molar refractivity (Wildman–Crippen MR) is 76.6 cm³/mol. The number of carboxylic acid groups (broad SMARTS) is 1. The molecule has 0 saturated carbocycles. The van der Waals surface area contributed by atoms with Crippen LogP contribution in [-0.4, -0.2) is 11.1 Å². The average Bonchev–Trinajstić information content (AvgIpc) is 2.42. The van der Waals surface area contributed by atoms with Crippen LogP contribution in [0.2, 0.25) is 5.02 Å². The van der Waals surface area contributed by atoms with Gasteiger partial charge in [-0.3, -0.25) is 4.79 Å². The summed E-state index contributed by atoms with van der Waals surface area (Å²) in [6, 6.07) is 17.0. The molecule has 19 heavy (non-hydrogen) atoms. The molecule has 0 aromatic heterocycles. The monoisotopic (exact) mass is 274 g/mol. The number of hydrogen-bond acceptors (Lipinski definition) is 1. The number of halogens is 1. The number of rotatable bonds is 5. The Morgan fingerprint density at radius 3 is 2.32 bits per heavy atom. The maximum atomic E-state index is 11.4. The van der Waals surface area contributed by atoms with Crippen LogP contribution in [0.5, 0.6) is 0 Å². The van der Waals surface area contributed by atoms with Gasteiger partial charge in [0, 0.05) is 5.02 Å². The van der Waals surface area contributed by atoms with Gasteiger partial charge in [-0.2, -0.15) is 0 Å². The van der Waals surface area contributed by atoms with Crippen molar-refractivity contribution in [3.05, 3.63) is 70.7 Å². The minimum Gasteiger partial charge on any atom is -0.481 e. The standard InChI is InChI=1S/C16H15ClO2/c17-15-9-5-4-8-13(15)14(16(18)19)11-10-12-6-2-1-3-7-12/h1-9,14H,10-11H2,(H,18,19)/t14-/m1/s1. The molecule has 98 valence electrons. The second kappa shape index (κ2) is 6.39. The maximum Gasteiger partial charge on any atom is 0.311 e. The number of aryl methyl sites for hydroxylation is 1. The number of hydrogen-bond donors (Lipinski definition) is 1. The van der Waals surface area contributed by atoms with Crippen molar-refractivity contribution < 1.29 is 9.90 Å². The third-order valence-electron chi connectivity index (χ3n) is 3.14. The fourth-order valence-corrected chi connectivity index (χ4v) is 2.39. The molecular formula is C16H15ClO2. The highest BCUT2D eigenvalue weighted by molar-refractivity contribution is 6.31. The zero-order valence-corrected chi connectivity index (χ0v) is 11.2. The Bertz CT molecular complexity index is 552. The van der Waals surface area contributed by atoms with E-state index in [1.807, 2.05) is 42.5 Å². The quantitative estimate of drug-likeness (QED) is 0.890. The predicted octanol–water partition coefficient (Wildman–Crippen LogP) is 4.14. The SMILES string of the molecule is O=C(O)[C@H](CCc1ccccc1)c1ccccc1Cl. The van der Waals surface area contributed by atoms with Crippen LogP contribution in [0, 0.1) is 0 Å². The lowest BCUT2D eigenvalue weighted by Gasteiger charge is -2.14. The van der Waals surface area contributed by atoms with Gasteiger partial charge in [0.15, 0.2) is 0 Å². The van der Waals surface area contributed by atoms with Crippen molar-refractivity contribution in [1.82, 2.24) is 0 Å². The summed E-state index contributed by atoms with van der Waals surface area (Å²) in [5.41, 5.74) is 1.83. The first-order valence-corrected chi connectivity index (χ1v) is 6.57. The van der Waals surface area contributed by atoms with Gasteiger partial charge in [0.2, 0.25) is 0 Å². The van der Waals surface area contributed by atoms with Gasteiger partial charge in [0.1, 0.15) is 0 Å². The molecular weight excluding hydrogens is 260 g/mol. The molecule has 0 aliphatic heterocycles. The smallest absolute Gasteiger partial charge is 0.311 e. The molecule has 0 aliphatic carbocycles. The highest BCUT2D eigenvalue weighted by Gasteiger charge is 2.21. The van der Waals surface area contributed by atoms with Crippen molar-refractivity contribution in [2.24, 2.45) is 0 Å². The molecule has 0 aliphatic rings. The largest absolute Gasteiger partial charge is 0.481 e. The molecule has 0 saturated heterocycles. The van der Waals surface area contributed by atoms with Gasteiger partial charge < -0.3 is 5.11 Å². The van der Waals surface area contributed by atoms with Crippen LogP contribution in [0.1, 0.15) is 23.5 Å². The maximum absolute atomic E-state index is 11.4. The van der Waals surface area contributed by atoms with Crippen LogP contribution in [0.15, 0.2) is 54.6 Å². The summed E-state index contributed by atoms with van der Waals surface area (Å²) in [7, 11) is 0. The molecule has 0 spiro atoms. The summed E-state index contributed by atoms with van der Waals surface area (Å²) < 4.78 is 0. The van der Waals surface area contributed by atoms with Gasteiger partial charge in [0.05, 0.1) is 5.92 Å². The van der Waals surface area contributed by atoms with E-state index in [0.717, 1.165) is 12.0 Å². The molecule has 3 heteroatoms. The van der Waals surface area contributed by atoms with E-state index in [9.17, 15) is 9.90 Å². The van der Waals surface area contributed by atoms with E-state index in [0.29, 0.717) is 17.0 Å². The van der Waals surface area contributed by atoms with Crippen molar-refractivity contribution in [2.45, 2.75) is 18.8 Å². The molecule has 0 unspecified atom stereocenters. The van der Waals surface area contributed by atoms with E-state index in [4.69, 9.17) is 11.6 Å². The highest BCUT2D eigenvalue weighted by atomic mass is 35.5. The van der Waals surface area contributed by atoms with Crippen LogP contribution < -0.4 is 0 Å². The first-order valence-electron chi connectivity index (χ1n) is 6.19. The Morgan fingerprint density at radius 2 is 1.68 bits per heavy atom. The third kappa shape index (κ3) is 3.58. The summed E-state index contributed by atoms with van der Waals surface area (Å²) >= 11 is 6.08. The van der Waals surface area contributed by atoms with E-state index in [2.05, 4.69) is 0 Å². The number of benzene rings is 2. The number of aliphatic carboxylic acids is 1. The lowest BCUT2D eigenvalue weighted by molar-refractivity contribution is -0.138. The fourth-order valence-electron chi connectivity index (χ4n) is 2.13. The fraction of sp³-hybridized carbons (Fsp3) is 0.188. The van der Waals surface area contributed by atoms with Crippen molar-refractivity contribution in [2.75, 3.05) is 0 Å². The summed E-state index contributed by atoms with van der Waals surface area (Å²) in [6.45, 7) is 0. The summed E-state index contributed by atoms with van der Waals surface area (Å²) in [4.78, 5) is 11.4. The first-order chi connectivity index (χ1) is 9.18. The van der Waals surface area contributed by atoms with Crippen LogP contribution in [0.25, 0.3) is 0 Å². The molecule has 1 atom stereocenters. The minimum absolute atomic E-state index is 0.517. The molecule has 2 nitrogen and oxygen atoms in total. The first kappa shape index (κ1) is 13.6. The Morgan fingerprint density at radius 1 is 1.05 bits per heavy atom. The topological polar surface area (TPSA) is 37.3 Å². The third-order valence-corrected chi connectivity index (χ3v) is 3.49. The van der Waals surface area contributed by atoms with E-state index in [1.165, 1.54) is 0 Å². The van der Waals surface area contributed by atoms with Gasteiger partial charge in [-0.25, -0.2) is 0 Å². The van der Waals surface area contributed by atoms with E-state index >= 15 is 0 Å². The van der Waals surface area contributed by atoms with E-state index in [1.54, 1.807) is 12.1 Å². The summed E-state index contributed by atoms with van der Waals surface area (Å²) in [6.07, 6.45) is 1.27. The molecule has 1 N–H and O–H groups in total. The normalized spacial score (nSPS) is 12.1. The molecule has 0 radical (unpaired) electrons. The summed E-state index contributed by atoms with van der Waals surface area (Å²) in [5, 5.41) is 9.89. The number of carbonyl (C=O) groups is 1. The molecule has 0 amide bonds. The zero-order chi connectivity index (χ0) is 13.7. The van der Waals surface area contributed by atoms with Crippen LogP contribution in [0.4, 0.5) is 0 Å².